The number of rotatable bonds is 5. The van der Waals surface area contributed by atoms with Crippen molar-refractivity contribution in [3.8, 4) is 0 Å². The van der Waals surface area contributed by atoms with E-state index in [1.807, 2.05) is 65.7 Å². The summed E-state index contributed by atoms with van der Waals surface area (Å²) in [5.41, 5.74) is 2.34. The van der Waals surface area contributed by atoms with Crippen molar-refractivity contribution in [2.45, 2.75) is 18.1 Å². The topological polar surface area (TPSA) is 74.4 Å². The number of nitrogens with one attached hydrogen (secondary N) is 2. The lowest BCUT2D eigenvalue weighted by Gasteiger charge is -2.23. The maximum Gasteiger partial charge on any atom is 0.231 e. The molecule has 4 atom stereocenters. The summed E-state index contributed by atoms with van der Waals surface area (Å²) in [6, 6.07) is 17.5. The second kappa shape index (κ2) is 6.82. The van der Waals surface area contributed by atoms with Crippen LogP contribution in [0.25, 0.3) is 10.9 Å². The zero-order chi connectivity index (χ0) is 21.0. The smallest absolute Gasteiger partial charge is 0.231 e. The molecule has 0 radical (unpaired) electrons. The molecule has 0 saturated carbocycles. The van der Waals surface area contributed by atoms with Gasteiger partial charge >= 0.3 is 0 Å². The molecular formula is C25H23N3O3. The second-order valence-electron chi connectivity index (χ2n) is 8.62. The first-order chi connectivity index (χ1) is 15.1. The van der Waals surface area contributed by atoms with Gasteiger partial charge in [-0.25, -0.2) is 0 Å². The van der Waals surface area contributed by atoms with Crippen LogP contribution in [0.3, 0.4) is 0 Å². The molecular weight excluding hydrogens is 390 g/mol. The van der Waals surface area contributed by atoms with Crippen LogP contribution in [-0.2, 0) is 20.7 Å². The molecule has 2 amide bonds. The van der Waals surface area contributed by atoms with Gasteiger partial charge in [0.2, 0.25) is 11.8 Å². The number of aromatic amines is 1. The van der Waals surface area contributed by atoms with E-state index in [1.54, 1.807) is 0 Å². The first kappa shape index (κ1) is 18.4. The average Bonchev–Trinajstić information content (AvgIpc) is 3.53. The van der Waals surface area contributed by atoms with Gasteiger partial charge in [-0.05, 0) is 30.2 Å². The van der Waals surface area contributed by atoms with E-state index in [0.29, 0.717) is 13.1 Å². The van der Waals surface area contributed by atoms with Gasteiger partial charge in [0.15, 0.2) is 0 Å². The predicted octanol–water partition coefficient (Wildman–Crippen LogP) is 3.13. The molecule has 4 heterocycles. The Labute approximate surface area is 179 Å². The highest BCUT2D eigenvalue weighted by atomic mass is 16.5. The summed E-state index contributed by atoms with van der Waals surface area (Å²) in [6.45, 7) is 1.11. The number of anilines is 1. The number of likely N-dealkylation sites (tertiary alicyclic amines) is 1. The first-order valence-electron chi connectivity index (χ1n) is 10.7. The maximum atomic E-state index is 13.4. The summed E-state index contributed by atoms with van der Waals surface area (Å²) in [4.78, 5) is 31.6. The molecule has 3 aliphatic rings. The molecule has 156 valence electrons. The van der Waals surface area contributed by atoms with Gasteiger partial charge in [-0.15, -0.1) is 0 Å². The van der Waals surface area contributed by atoms with Gasteiger partial charge in [-0.2, -0.15) is 0 Å². The number of fused-ring (bicyclic) bond motifs is 2. The predicted molar refractivity (Wildman–Crippen MR) is 117 cm³/mol. The minimum Gasteiger partial charge on any atom is -0.361 e. The van der Waals surface area contributed by atoms with Gasteiger partial charge in [0, 0.05) is 29.3 Å². The minimum atomic E-state index is -0.680. The van der Waals surface area contributed by atoms with Crippen LogP contribution in [-0.4, -0.2) is 46.5 Å². The summed E-state index contributed by atoms with van der Waals surface area (Å²) < 4.78 is 6.22. The summed E-state index contributed by atoms with van der Waals surface area (Å²) in [5.74, 6) is -1.11. The Hall–Kier alpha value is -3.38. The lowest BCUT2D eigenvalue weighted by Crippen LogP contribution is -2.41. The van der Waals surface area contributed by atoms with Crippen LogP contribution in [0.2, 0.25) is 0 Å². The summed E-state index contributed by atoms with van der Waals surface area (Å²) in [5, 5.41) is 4.15. The summed E-state index contributed by atoms with van der Waals surface area (Å²) in [7, 11) is 0. The fourth-order valence-electron chi connectivity index (χ4n) is 5.41. The van der Waals surface area contributed by atoms with Gasteiger partial charge in [-0.3, -0.25) is 9.59 Å². The molecule has 2 saturated heterocycles. The van der Waals surface area contributed by atoms with Crippen molar-refractivity contribution >= 4 is 28.4 Å². The van der Waals surface area contributed by atoms with Gasteiger partial charge < -0.3 is 19.9 Å². The van der Waals surface area contributed by atoms with Crippen molar-refractivity contribution < 1.29 is 14.3 Å². The van der Waals surface area contributed by atoms with Crippen LogP contribution in [0, 0.1) is 11.8 Å². The van der Waals surface area contributed by atoms with E-state index in [-0.39, 0.29) is 17.9 Å². The standard InChI is InChI=1S/C25H23N3O3/c29-23(27-17-6-2-1-3-7-17)21-20-10-12-25(31-20)15-28(24(30)22(21)25)13-11-16-14-26-19-9-5-4-8-18(16)19/h1-10,12,14,20-22,26H,11,13,15H2,(H,27,29)/t20-,21-,22+,25-/m1/s1. The SMILES string of the molecule is O=C(Nc1ccccc1)[C@H]1[C@H]2C(=O)N(CCc3c[nH]c4ccccc34)C[C@]23C=C[C@H]1O3. The molecule has 31 heavy (non-hydrogen) atoms. The number of para-hydroxylation sites is 2. The highest BCUT2D eigenvalue weighted by Gasteiger charge is 2.66. The Bertz CT molecular complexity index is 1200. The van der Waals surface area contributed by atoms with E-state index in [9.17, 15) is 9.59 Å². The molecule has 3 aromatic rings. The van der Waals surface area contributed by atoms with Crippen LogP contribution in [0.15, 0.2) is 72.9 Å². The Balaban J connectivity index is 1.21. The second-order valence-corrected chi connectivity index (χ2v) is 8.62. The summed E-state index contributed by atoms with van der Waals surface area (Å²) in [6.07, 6.45) is 6.38. The molecule has 1 aromatic heterocycles. The van der Waals surface area contributed by atoms with Crippen molar-refractivity contribution in [2.75, 3.05) is 18.4 Å². The molecule has 3 aliphatic heterocycles. The van der Waals surface area contributed by atoms with Gasteiger partial charge in [-0.1, -0.05) is 48.6 Å². The third-order valence-electron chi connectivity index (χ3n) is 6.85. The number of aromatic nitrogens is 1. The largest absolute Gasteiger partial charge is 0.361 e. The van der Waals surface area contributed by atoms with Crippen molar-refractivity contribution in [1.82, 2.24) is 9.88 Å². The molecule has 0 unspecified atom stereocenters. The highest BCUT2D eigenvalue weighted by Crippen LogP contribution is 2.52. The number of hydrogen-bond acceptors (Lipinski definition) is 3. The molecule has 6 nitrogen and oxygen atoms in total. The van der Waals surface area contributed by atoms with Gasteiger partial charge in [0.25, 0.3) is 0 Å². The number of carbonyl (C=O) groups excluding carboxylic acids is 2. The normalized spacial score (nSPS) is 28.5. The molecule has 2 bridgehead atoms. The monoisotopic (exact) mass is 413 g/mol. The molecule has 6 heteroatoms. The van der Waals surface area contributed by atoms with Crippen LogP contribution >= 0.6 is 0 Å². The molecule has 0 aliphatic carbocycles. The summed E-state index contributed by atoms with van der Waals surface area (Å²) >= 11 is 0. The van der Waals surface area contributed by atoms with E-state index in [2.05, 4.69) is 22.4 Å². The number of carbonyl (C=O) groups is 2. The van der Waals surface area contributed by atoms with E-state index in [0.717, 1.165) is 17.6 Å². The zero-order valence-corrected chi connectivity index (χ0v) is 17.0. The van der Waals surface area contributed by atoms with Crippen LogP contribution in [0.5, 0.6) is 0 Å². The number of H-pyrrole nitrogens is 1. The molecule has 1 spiro atoms. The Kier molecular flexibility index (Phi) is 4.05. The first-order valence-corrected chi connectivity index (χ1v) is 10.7. The van der Waals surface area contributed by atoms with E-state index in [4.69, 9.17) is 4.74 Å². The lowest BCUT2D eigenvalue weighted by molar-refractivity contribution is -0.135. The van der Waals surface area contributed by atoms with Crippen molar-refractivity contribution in [3.05, 3.63) is 78.5 Å². The average molecular weight is 413 g/mol. The Morgan fingerprint density at radius 1 is 1.16 bits per heavy atom. The fourth-order valence-corrected chi connectivity index (χ4v) is 5.41. The van der Waals surface area contributed by atoms with Crippen molar-refractivity contribution in [1.29, 1.82) is 0 Å². The van der Waals surface area contributed by atoms with Crippen LogP contribution < -0.4 is 5.32 Å². The van der Waals surface area contributed by atoms with Crippen molar-refractivity contribution in [2.24, 2.45) is 11.8 Å². The van der Waals surface area contributed by atoms with Crippen molar-refractivity contribution in [3.63, 3.8) is 0 Å². The van der Waals surface area contributed by atoms with Gasteiger partial charge in [0.1, 0.15) is 5.60 Å². The molecule has 2 N–H and O–H groups in total. The maximum absolute atomic E-state index is 13.4. The number of nitrogens with zero attached hydrogens (tertiary/aromatic N) is 1. The number of amides is 2. The molecule has 6 rings (SSSR count). The highest BCUT2D eigenvalue weighted by molar-refractivity contribution is 5.99. The minimum absolute atomic E-state index is 0.0138. The van der Waals surface area contributed by atoms with Crippen LogP contribution in [0.1, 0.15) is 5.56 Å². The van der Waals surface area contributed by atoms with Crippen LogP contribution in [0.4, 0.5) is 5.69 Å². The third-order valence-corrected chi connectivity index (χ3v) is 6.85. The number of ether oxygens (including phenoxy) is 1. The lowest BCUT2D eigenvalue weighted by atomic mass is 9.77. The van der Waals surface area contributed by atoms with Gasteiger partial charge in [0.05, 0.1) is 24.5 Å². The van der Waals surface area contributed by atoms with E-state index < -0.39 is 17.4 Å². The zero-order valence-electron chi connectivity index (χ0n) is 17.0. The number of hydrogen-bond donors (Lipinski definition) is 2. The number of benzene rings is 2. The third kappa shape index (κ3) is 2.82. The Morgan fingerprint density at radius 3 is 2.84 bits per heavy atom. The Morgan fingerprint density at radius 2 is 1.97 bits per heavy atom. The van der Waals surface area contributed by atoms with E-state index in [1.165, 1.54) is 10.9 Å². The molecule has 2 aromatic carbocycles. The van der Waals surface area contributed by atoms with E-state index >= 15 is 0 Å². The molecule has 2 fully saturated rings. The fraction of sp³-hybridized carbons (Fsp3) is 0.280. The quantitative estimate of drug-likeness (QED) is 0.631.